The molecule has 0 fully saturated rings. The first-order chi connectivity index (χ1) is 9.77. The van der Waals surface area contributed by atoms with Crippen molar-refractivity contribution in [2.24, 2.45) is 0 Å². The highest BCUT2D eigenvalue weighted by Gasteiger charge is 2.33. The van der Waals surface area contributed by atoms with Gasteiger partial charge in [-0.15, -0.1) is 0 Å². The van der Waals surface area contributed by atoms with E-state index < -0.39 is 23.5 Å². The average molecular weight is 299 g/mol. The molecule has 1 heterocycles. The number of nitrogen functional groups attached to an aromatic ring is 1. The van der Waals surface area contributed by atoms with Crippen LogP contribution in [-0.2, 0) is 6.18 Å². The molecule has 0 radical (unpaired) electrons. The molecule has 110 valence electrons. The number of carbonyl (C=O) groups is 1. The van der Waals surface area contributed by atoms with Crippen LogP contribution in [0.3, 0.4) is 0 Å². The van der Waals surface area contributed by atoms with Crippen molar-refractivity contribution in [1.29, 1.82) is 0 Å². The summed E-state index contributed by atoms with van der Waals surface area (Å²) in [5, 5.41) is 2.24. The van der Waals surface area contributed by atoms with E-state index in [1.807, 2.05) is 0 Å². The molecule has 0 aliphatic heterocycles. The fourth-order valence-electron chi connectivity index (χ4n) is 1.60. The number of hydrogen-bond donors (Lipinski definition) is 2. The lowest BCUT2D eigenvalue weighted by molar-refractivity contribution is -0.139. The number of anilines is 2. The highest BCUT2D eigenvalue weighted by molar-refractivity contribution is 6.03. The van der Waals surface area contributed by atoms with E-state index >= 15 is 0 Å². The fraction of sp³-hybridized carbons (Fsp3) is 0.0769. The van der Waals surface area contributed by atoms with Crippen LogP contribution in [0.1, 0.15) is 16.1 Å². The van der Waals surface area contributed by atoms with Gasteiger partial charge in [0, 0.05) is 5.69 Å². The highest BCUT2D eigenvalue weighted by Crippen LogP contribution is 2.32. The molecule has 2 aromatic rings. The van der Waals surface area contributed by atoms with Crippen LogP contribution in [0, 0.1) is 5.82 Å². The van der Waals surface area contributed by atoms with Crippen molar-refractivity contribution in [2.45, 2.75) is 6.18 Å². The number of nitrogens with one attached hydrogen (secondary N) is 1. The summed E-state index contributed by atoms with van der Waals surface area (Å²) in [5.41, 5.74) is 3.86. The second-order valence-corrected chi connectivity index (χ2v) is 4.09. The molecule has 0 bridgehead atoms. The number of carbonyl (C=O) groups excluding carboxylic acids is 1. The van der Waals surface area contributed by atoms with Crippen LogP contribution in [0.5, 0.6) is 0 Å². The summed E-state index contributed by atoms with van der Waals surface area (Å²) in [4.78, 5) is 15.5. The number of alkyl halides is 3. The van der Waals surface area contributed by atoms with Gasteiger partial charge in [-0.3, -0.25) is 4.79 Å². The Morgan fingerprint density at radius 3 is 2.48 bits per heavy atom. The lowest BCUT2D eigenvalue weighted by atomic mass is 10.2. The van der Waals surface area contributed by atoms with Crippen molar-refractivity contribution >= 4 is 17.4 Å². The Labute approximate surface area is 116 Å². The topological polar surface area (TPSA) is 68.0 Å². The molecule has 0 aliphatic rings. The molecule has 0 saturated heterocycles. The van der Waals surface area contributed by atoms with Crippen LogP contribution in [-0.4, -0.2) is 10.9 Å². The van der Waals surface area contributed by atoms with Crippen molar-refractivity contribution in [2.75, 3.05) is 11.1 Å². The molecule has 0 unspecified atom stereocenters. The third kappa shape index (κ3) is 3.47. The summed E-state index contributed by atoms with van der Waals surface area (Å²) in [7, 11) is 0. The van der Waals surface area contributed by atoms with E-state index in [0.29, 0.717) is 12.1 Å². The maximum atomic E-state index is 13.4. The molecule has 1 aromatic heterocycles. The van der Waals surface area contributed by atoms with Crippen LogP contribution in [0.2, 0.25) is 0 Å². The van der Waals surface area contributed by atoms with Crippen molar-refractivity contribution in [3.63, 3.8) is 0 Å². The average Bonchev–Trinajstić information content (AvgIpc) is 2.37. The summed E-state index contributed by atoms with van der Waals surface area (Å²) < 4.78 is 50.6. The fourth-order valence-corrected chi connectivity index (χ4v) is 1.60. The van der Waals surface area contributed by atoms with Crippen LogP contribution < -0.4 is 11.1 Å². The second-order valence-electron chi connectivity index (χ2n) is 4.09. The van der Waals surface area contributed by atoms with Crippen molar-refractivity contribution < 1.29 is 22.4 Å². The molecule has 0 spiro atoms. The number of halogens is 4. The molecule has 0 saturated carbocycles. The first kappa shape index (κ1) is 14.8. The first-order valence-corrected chi connectivity index (χ1v) is 5.68. The van der Waals surface area contributed by atoms with E-state index in [4.69, 9.17) is 5.73 Å². The van der Waals surface area contributed by atoms with Crippen molar-refractivity contribution in [3.05, 3.63) is 53.5 Å². The lowest BCUT2D eigenvalue weighted by Gasteiger charge is -2.10. The summed E-state index contributed by atoms with van der Waals surface area (Å²) in [6.45, 7) is 0. The summed E-state index contributed by atoms with van der Waals surface area (Å²) >= 11 is 0. The van der Waals surface area contributed by atoms with Crippen molar-refractivity contribution in [3.8, 4) is 0 Å². The molecule has 2 rings (SSSR count). The minimum atomic E-state index is -4.79. The number of benzene rings is 1. The molecular formula is C13H9F4N3O. The Morgan fingerprint density at radius 2 is 1.90 bits per heavy atom. The Kier molecular flexibility index (Phi) is 3.79. The van der Waals surface area contributed by atoms with Crippen LogP contribution in [0.25, 0.3) is 0 Å². The van der Waals surface area contributed by atoms with Crippen LogP contribution >= 0.6 is 0 Å². The number of rotatable bonds is 2. The lowest BCUT2D eigenvalue weighted by Crippen LogP contribution is -2.15. The molecule has 0 atom stereocenters. The third-order valence-corrected chi connectivity index (χ3v) is 2.54. The van der Waals surface area contributed by atoms with Crippen molar-refractivity contribution in [1.82, 2.24) is 4.98 Å². The maximum absolute atomic E-state index is 13.4. The van der Waals surface area contributed by atoms with Gasteiger partial charge in [-0.05, 0) is 30.3 Å². The maximum Gasteiger partial charge on any atom is 0.419 e. The highest BCUT2D eigenvalue weighted by atomic mass is 19.4. The summed E-state index contributed by atoms with van der Waals surface area (Å²) in [6, 6.07) is 6.42. The van der Waals surface area contributed by atoms with Gasteiger partial charge in [0.05, 0.1) is 5.56 Å². The van der Waals surface area contributed by atoms with Gasteiger partial charge in [0.2, 0.25) is 0 Å². The van der Waals surface area contributed by atoms with E-state index in [2.05, 4.69) is 10.3 Å². The largest absolute Gasteiger partial charge is 0.419 e. The molecule has 1 aromatic carbocycles. The van der Waals surface area contributed by atoms with Gasteiger partial charge in [0.1, 0.15) is 17.3 Å². The standard InChI is InChI=1S/C13H9F4N3O/c14-9-6-7(4-5-8(9)13(15,16)17)19-12(21)10-2-1-3-11(18)20-10/h1-6H,(H2,18,20)(H,19,21). The molecular weight excluding hydrogens is 290 g/mol. The Morgan fingerprint density at radius 1 is 1.19 bits per heavy atom. The van der Waals surface area contributed by atoms with Gasteiger partial charge in [0.15, 0.2) is 0 Å². The van der Waals surface area contributed by atoms with E-state index in [-0.39, 0.29) is 17.2 Å². The number of nitrogens with zero attached hydrogens (tertiary/aromatic N) is 1. The quantitative estimate of drug-likeness (QED) is 0.837. The molecule has 8 heteroatoms. The zero-order chi connectivity index (χ0) is 15.6. The van der Waals surface area contributed by atoms with E-state index in [9.17, 15) is 22.4 Å². The predicted octanol–water partition coefficient (Wildman–Crippen LogP) is 3.07. The molecule has 3 N–H and O–H groups in total. The third-order valence-electron chi connectivity index (χ3n) is 2.54. The Balaban J connectivity index is 2.21. The normalized spacial score (nSPS) is 11.2. The molecule has 1 amide bonds. The van der Waals surface area contributed by atoms with Gasteiger partial charge < -0.3 is 11.1 Å². The monoisotopic (exact) mass is 299 g/mol. The van der Waals surface area contributed by atoms with E-state index in [1.165, 1.54) is 18.2 Å². The SMILES string of the molecule is Nc1cccc(C(=O)Nc2ccc(C(F)(F)F)c(F)c2)n1. The number of hydrogen-bond acceptors (Lipinski definition) is 3. The predicted molar refractivity (Wildman–Crippen MR) is 68.0 cm³/mol. The molecule has 0 aliphatic carbocycles. The summed E-state index contributed by atoms with van der Waals surface area (Å²) in [5.74, 6) is -2.07. The number of nitrogens with two attached hydrogens (primary N) is 1. The van der Waals surface area contributed by atoms with E-state index in [1.54, 1.807) is 0 Å². The number of amides is 1. The van der Waals surface area contributed by atoms with Gasteiger partial charge in [0.25, 0.3) is 5.91 Å². The van der Waals surface area contributed by atoms with E-state index in [0.717, 1.165) is 6.07 Å². The van der Waals surface area contributed by atoms with Gasteiger partial charge >= 0.3 is 6.18 Å². The smallest absolute Gasteiger partial charge is 0.384 e. The zero-order valence-electron chi connectivity index (χ0n) is 10.4. The summed E-state index contributed by atoms with van der Waals surface area (Å²) in [6.07, 6.45) is -4.79. The van der Waals surface area contributed by atoms with Crippen LogP contribution in [0.15, 0.2) is 36.4 Å². The molecule has 21 heavy (non-hydrogen) atoms. The first-order valence-electron chi connectivity index (χ1n) is 5.68. The van der Waals surface area contributed by atoms with Gasteiger partial charge in [-0.25, -0.2) is 9.37 Å². The minimum Gasteiger partial charge on any atom is -0.384 e. The minimum absolute atomic E-state index is 0.0321. The van der Waals surface area contributed by atoms with Crippen LogP contribution in [0.4, 0.5) is 29.1 Å². The number of aromatic nitrogens is 1. The van der Waals surface area contributed by atoms with Gasteiger partial charge in [-0.1, -0.05) is 6.07 Å². The Bertz CT molecular complexity index is 685. The van der Waals surface area contributed by atoms with Gasteiger partial charge in [-0.2, -0.15) is 13.2 Å². The molecule has 4 nitrogen and oxygen atoms in total. The number of pyridine rings is 1. The zero-order valence-corrected chi connectivity index (χ0v) is 10.4. The second kappa shape index (κ2) is 5.39. The Hall–Kier alpha value is -2.64.